The molecular formula is C20H22F2N2O2. The smallest absolute Gasteiger partial charge is 0.234 e. The maximum atomic E-state index is 13.4. The molecule has 2 unspecified atom stereocenters. The average Bonchev–Trinajstić information content (AvgIpc) is 2.63. The summed E-state index contributed by atoms with van der Waals surface area (Å²) in [5.41, 5.74) is 1.60. The maximum Gasteiger partial charge on any atom is 0.234 e. The highest BCUT2D eigenvalue weighted by atomic mass is 19.2. The summed E-state index contributed by atoms with van der Waals surface area (Å²) in [5, 5.41) is 3.04. The van der Waals surface area contributed by atoms with Gasteiger partial charge in [0.15, 0.2) is 11.6 Å². The molecule has 4 nitrogen and oxygen atoms in total. The van der Waals surface area contributed by atoms with Gasteiger partial charge >= 0.3 is 0 Å². The van der Waals surface area contributed by atoms with Crippen LogP contribution >= 0.6 is 0 Å². The molecule has 0 radical (unpaired) electrons. The Morgan fingerprint density at radius 3 is 2.81 bits per heavy atom. The fourth-order valence-electron chi connectivity index (χ4n) is 3.12. The molecule has 1 aliphatic heterocycles. The van der Waals surface area contributed by atoms with Gasteiger partial charge in [0.25, 0.3) is 0 Å². The minimum Gasteiger partial charge on any atom is -0.493 e. The predicted octanol–water partition coefficient (Wildman–Crippen LogP) is 3.60. The number of halogens is 2. The quantitative estimate of drug-likeness (QED) is 0.886. The molecule has 2 atom stereocenters. The van der Waals surface area contributed by atoms with Crippen LogP contribution in [-0.2, 0) is 4.79 Å². The number of para-hydroxylation sites is 1. The molecule has 2 aromatic carbocycles. The minimum absolute atomic E-state index is 0.0839. The summed E-state index contributed by atoms with van der Waals surface area (Å²) in [6, 6.07) is 11.2. The molecule has 0 saturated heterocycles. The van der Waals surface area contributed by atoms with Crippen molar-refractivity contribution >= 4 is 5.91 Å². The molecule has 3 rings (SSSR count). The molecule has 0 bridgehead atoms. The Morgan fingerprint density at radius 1 is 1.27 bits per heavy atom. The summed E-state index contributed by atoms with van der Waals surface area (Å²) in [6.07, 6.45) is 0.713. The molecule has 6 heteroatoms. The van der Waals surface area contributed by atoms with Crippen molar-refractivity contribution in [3.8, 4) is 5.75 Å². The zero-order chi connectivity index (χ0) is 18.7. The third-order valence-corrected chi connectivity index (χ3v) is 4.77. The van der Waals surface area contributed by atoms with Crippen LogP contribution in [0.3, 0.4) is 0 Å². The van der Waals surface area contributed by atoms with E-state index in [0.717, 1.165) is 17.4 Å². The first kappa shape index (κ1) is 18.3. The van der Waals surface area contributed by atoms with Crippen LogP contribution in [0.5, 0.6) is 5.75 Å². The van der Waals surface area contributed by atoms with Crippen LogP contribution in [0.2, 0.25) is 0 Å². The van der Waals surface area contributed by atoms with Gasteiger partial charge in [-0.2, -0.15) is 0 Å². The van der Waals surface area contributed by atoms with Crippen LogP contribution in [0.15, 0.2) is 42.5 Å². The Hall–Kier alpha value is -2.47. The summed E-state index contributed by atoms with van der Waals surface area (Å²) in [4.78, 5) is 14.3. The summed E-state index contributed by atoms with van der Waals surface area (Å²) in [7, 11) is 1.78. The van der Waals surface area contributed by atoms with Crippen LogP contribution in [0.25, 0.3) is 0 Å². The van der Waals surface area contributed by atoms with E-state index in [-0.39, 0.29) is 24.5 Å². The minimum atomic E-state index is -0.883. The van der Waals surface area contributed by atoms with Crippen molar-refractivity contribution in [2.24, 2.45) is 0 Å². The highest BCUT2D eigenvalue weighted by Gasteiger charge is 2.24. The Labute approximate surface area is 151 Å². The number of benzene rings is 2. The van der Waals surface area contributed by atoms with E-state index in [2.05, 4.69) is 5.32 Å². The molecule has 1 heterocycles. The van der Waals surface area contributed by atoms with Gasteiger partial charge in [-0.05, 0) is 37.7 Å². The van der Waals surface area contributed by atoms with Crippen LogP contribution in [-0.4, -0.2) is 31.0 Å². The maximum absolute atomic E-state index is 13.4. The third kappa shape index (κ3) is 4.02. The topological polar surface area (TPSA) is 41.6 Å². The van der Waals surface area contributed by atoms with Crippen LogP contribution in [0.4, 0.5) is 8.78 Å². The van der Waals surface area contributed by atoms with E-state index in [4.69, 9.17) is 4.74 Å². The van der Waals surface area contributed by atoms with E-state index in [1.165, 1.54) is 12.1 Å². The van der Waals surface area contributed by atoms with Crippen molar-refractivity contribution in [2.45, 2.75) is 25.4 Å². The zero-order valence-corrected chi connectivity index (χ0v) is 14.8. The number of amides is 1. The van der Waals surface area contributed by atoms with Gasteiger partial charge in [-0.1, -0.05) is 24.3 Å². The Morgan fingerprint density at radius 2 is 2.04 bits per heavy atom. The fourth-order valence-corrected chi connectivity index (χ4v) is 3.12. The molecular weight excluding hydrogens is 338 g/mol. The number of hydrogen-bond acceptors (Lipinski definition) is 3. The summed E-state index contributed by atoms with van der Waals surface area (Å²) in [5.74, 6) is -1.08. The molecule has 0 aliphatic carbocycles. The molecule has 1 amide bonds. The number of carbonyl (C=O) groups excluding carboxylic acids is 1. The number of hydrogen-bond donors (Lipinski definition) is 1. The number of rotatable bonds is 5. The van der Waals surface area contributed by atoms with Gasteiger partial charge in [0, 0.05) is 18.0 Å². The first-order valence-electron chi connectivity index (χ1n) is 8.62. The van der Waals surface area contributed by atoms with E-state index in [1.807, 2.05) is 31.2 Å². The molecule has 26 heavy (non-hydrogen) atoms. The molecule has 0 spiro atoms. The SMILES string of the molecule is CC(c1ccc(F)c(F)c1)N(C)CC(=O)NC1CCOc2ccccc21. The zero-order valence-electron chi connectivity index (χ0n) is 14.8. The van der Waals surface area contributed by atoms with E-state index in [1.54, 1.807) is 11.9 Å². The lowest BCUT2D eigenvalue weighted by atomic mass is 10.0. The molecule has 1 aliphatic rings. The molecule has 0 aromatic heterocycles. The van der Waals surface area contributed by atoms with Crippen molar-refractivity contribution in [3.05, 3.63) is 65.2 Å². The van der Waals surface area contributed by atoms with E-state index < -0.39 is 11.6 Å². The van der Waals surface area contributed by atoms with Gasteiger partial charge in [0.1, 0.15) is 5.75 Å². The van der Waals surface area contributed by atoms with Gasteiger partial charge in [0.2, 0.25) is 5.91 Å². The highest BCUT2D eigenvalue weighted by Crippen LogP contribution is 2.31. The Balaban J connectivity index is 1.62. The third-order valence-electron chi connectivity index (χ3n) is 4.77. The number of nitrogens with zero attached hydrogens (tertiary/aromatic N) is 1. The van der Waals surface area contributed by atoms with Crippen molar-refractivity contribution in [1.29, 1.82) is 0 Å². The molecule has 1 N–H and O–H groups in total. The van der Waals surface area contributed by atoms with Crippen molar-refractivity contribution < 1.29 is 18.3 Å². The summed E-state index contributed by atoms with van der Waals surface area (Å²) < 4.78 is 32.1. The largest absolute Gasteiger partial charge is 0.493 e. The second kappa shape index (κ2) is 7.83. The van der Waals surface area contributed by atoms with Crippen molar-refractivity contribution in [3.63, 3.8) is 0 Å². The van der Waals surface area contributed by atoms with Gasteiger partial charge in [-0.15, -0.1) is 0 Å². The lowest BCUT2D eigenvalue weighted by Gasteiger charge is -2.29. The van der Waals surface area contributed by atoms with Gasteiger partial charge in [-0.3, -0.25) is 9.69 Å². The van der Waals surface area contributed by atoms with E-state index in [9.17, 15) is 13.6 Å². The second-order valence-corrected chi connectivity index (χ2v) is 6.56. The number of fused-ring (bicyclic) bond motifs is 1. The normalized spacial score (nSPS) is 17.3. The van der Waals surface area contributed by atoms with Gasteiger partial charge in [-0.25, -0.2) is 8.78 Å². The van der Waals surface area contributed by atoms with E-state index >= 15 is 0 Å². The van der Waals surface area contributed by atoms with Gasteiger partial charge in [0.05, 0.1) is 19.2 Å². The Bertz CT molecular complexity index is 797. The van der Waals surface area contributed by atoms with Crippen molar-refractivity contribution in [2.75, 3.05) is 20.2 Å². The molecule has 0 saturated carbocycles. The number of carbonyl (C=O) groups is 1. The highest BCUT2D eigenvalue weighted by molar-refractivity contribution is 5.78. The van der Waals surface area contributed by atoms with E-state index in [0.29, 0.717) is 18.6 Å². The molecule has 2 aromatic rings. The van der Waals surface area contributed by atoms with Crippen LogP contribution in [0, 0.1) is 11.6 Å². The monoisotopic (exact) mass is 360 g/mol. The summed E-state index contributed by atoms with van der Waals surface area (Å²) in [6.45, 7) is 2.56. The molecule has 0 fully saturated rings. The van der Waals surface area contributed by atoms with Crippen molar-refractivity contribution in [1.82, 2.24) is 10.2 Å². The fraction of sp³-hybridized carbons (Fsp3) is 0.350. The van der Waals surface area contributed by atoms with Crippen LogP contribution < -0.4 is 10.1 Å². The second-order valence-electron chi connectivity index (χ2n) is 6.56. The number of ether oxygens (including phenoxy) is 1. The summed E-state index contributed by atoms with van der Waals surface area (Å²) >= 11 is 0. The Kier molecular flexibility index (Phi) is 5.52. The average molecular weight is 360 g/mol. The standard InChI is InChI=1S/C20H22F2N2O2/c1-13(14-7-8-16(21)17(22)11-14)24(2)12-20(25)23-18-9-10-26-19-6-4-3-5-15(18)19/h3-8,11,13,18H,9-10,12H2,1-2H3,(H,23,25). The lowest BCUT2D eigenvalue weighted by molar-refractivity contribution is -0.123. The number of likely N-dealkylation sites (N-methyl/N-ethyl adjacent to an activating group) is 1. The molecule has 138 valence electrons. The lowest BCUT2D eigenvalue weighted by Crippen LogP contribution is -2.39. The predicted molar refractivity (Wildman–Crippen MR) is 94.8 cm³/mol. The first-order valence-corrected chi connectivity index (χ1v) is 8.62. The first-order chi connectivity index (χ1) is 12.5. The van der Waals surface area contributed by atoms with Crippen LogP contribution in [0.1, 0.15) is 36.6 Å². The van der Waals surface area contributed by atoms with Gasteiger partial charge < -0.3 is 10.1 Å². The number of nitrogens with one attached hydrogen (secondary N) is 1.